The Morgan fingerprint density at radius 2 is 2.00 bits per heavy atom. The molecule has 1 aliphatic rings. The van der Waals surface area contributed by atoms with Crippen LogP contribution in [0.4, 0.5) is 5.69 Å². The SMILES string of the molecule is Cc1ccc(O)c(N2CCNCC2)c1Cl. The predicted octanol–water partition coefficient (Wildman–Crippen LogP) is 1.76. The van der Waals surface area contributed by atoms with E-state index in [-0.39, 0.29) is 5.75 Å². The van der Waals surface area contributed by atoms with Gasteiger partial charge in [0.25, 0.3) is 0 Å². The Labute approximate surface area is 94.7 Å². The number of anilines is 1. The summed E-state index contributed by atoms with van der Waals surface area (Å²) in [6.07, 6.45) is 0. The highest BCUT2D eigenvalue weighted by molar-refractivity contribution is 6.34. The average Bonchev–Trinajstić information content (AvgIpc) is 2.26. The second-order valence-corrected chi connectivity index (χ2v) is 4.18. The third-order valence-electron chi connectivity index (χ3n) is 2.72. The van der Waals surface area contributed by atoms with Crippen molar-refractivity contribution in [1.82, 2.24) is 5.32 Å². The third-order valence-corrected chi connectivity index (χ3v) is 3.20. The van der Waals surface area contributed by atoms with Crippen molar-refractivity contribution in [3.8, 4) is 5.75 Å². The van der Waals surface area contributed by atoms with Crippen LogP contribution < -0.4 is 10.2 Å². The Bertz CT molecular complexity index is 362. The van der Waals surface area contributed by atoms with E-state index in [0.717, 1.165) is 37.4 Å². The van der Waals surface area contributed by atoms with Gasteiger partial charge in [0.1, 0.15) is 5.75 Å². The Hall–Kier alpha value is -0.930. The van der Waals surface area contributed by atoms with Crippen molar-refractivity contribution in [3.63, 3.8) is 0 Å². The van der Waals surface area contributed by atoms with Crippen LogP contribution >= 0.6 is 11.6 Å². The maximum atomic E-state index is 9.82. The molecule has 0 saturated carbocycles. The molecular formula is C11H15ClN2O. The Morgan fingerprint density at radius 3 is 2.67 bits per heavy atom. The molecule has 1 aliphatic heterocycles. The van der Waals surface area contributed by atoms with Crippen LogP contribution in [-0.2, 0) is 0 Å². The molecule has 0 bridgehead atoms. The minimum absolute atomic E-state index is 0.271. The molecule has 1 heterocycles. The van der Waals surface area contributed by atoms with Crippen molar-refractivity contribution in [3.05, 3.63) is 22.7 Å². The summed E-state index contributed by atoms with van der Waals surface area (Å²) in [5.74, 6) is 0.271. The summed E-state index contributed by atoms with van der Waals surface area (Å²) >= 11 is 6.21. The van der Waals surface area contributed by atoms with E-state index in [2.05, 4.69) is 10.2 Å². The molecule has 1 fully saturated rings. The lowest BCUT2D eigenvalue weighted by Gasteiger charge is -2.31. The Balaban J connectivity index is 2.36. The number of aromatic hydroxyl groups is 1. The maximum Gasteiger partial charge on any atom is 0.140 e. The van der Waals surface area contributed by atoms with Gasteiger partial charge < -0.3 is 15.3 Å². The van der Waals surface area contributed by atoms with Crippen LogP contribution in [0.25, 0.3) is 0 Å². The van der Waals surface area contributed by atoms with Gasteiger partial charge in [0.15, 0.2) is 0 Å². The summed E-state index contributed by atoms with van der Waals surface area (Å²) in [5, 5.41) is 13.8. The average molecular weight is 227 g/mol. The van der Waals surface area contributed by atoms with Crippen LogP contribution in [0.3, 0.4) is 0 Å². The summed E-state index contributed by atoms with van der Waals surface area (Å²) in [6.45, 7) is 5.59. The molecule has 2 rings (SSSR count). The summed E-state index contributed by atoms with van der Waals surface area (Å²) in [6, 6.07) is 3.54. The fourth-order valence-electron chi connectivity index (χ4n) is 1.84. The number of phenols is 1. The highest BCUT2D eigenvalue weighted by Crippen LogP contribution is 2.37. The van der Waals surface area contributed by atoms with Crippen molar-refractivity contribution in [2.75, 3.05) is 31.1 Å². The molecule has 0 aromatic heterocycles. The summed E-state index contributed by atoms with van der Waals surface area (Å²) < 4.78 is 0. The van der Waals surface area contributed by atoms with Gasteiger partial charge in [-0.2, -0.15) is 0 Å². The van der Waals surface area contributed by atoms with Crippen LogP contribution in [0.15, 0.2) is 12.1 Å². The lowest BCUT2D eigenvalue weighted by molar-refractivity contribution is 0.470. The predicted molar refractivity (Wildman–Crippen MR) is 62.9 cm³/mol. The monoisotopic (exact) mass is 226 g/mol. The van der Waals surface area contributed by atoms with Gasteiger partial charge in [-0.15, -0.1) is 0 Å². The van der Waals surface area contributed by atoms with Crippen molar-refractivity contribution >= 4 is 17.3 Å². The smallest absolute Gasteiger partial charge is 0.140 e. The number of piperazine rings is 1. The molecule has 0 radical (unpaired) electrons. The molecule has 15 heavy (non-hydrogen) atoms. The molecule has 2 N–H and O–H groups in total. The maximum absolute atomic E-state index is 9.82. The van der Waals surface area contributed by atoms with E-state index in [9.17, 15) is 5.11 Å². The number of phenolic OH excluding ortho intramolecular Hbond substituents is 1. The molecule has 0 aliphatic carbocycles. The molecule has 1 aromatic rings. The van der Waals surface area contributed by atoms with Gasteiger partial charge in [-0.1, -0.05) is 17.7 Å². The molecule has 1 aromatic carbocycles. The summed E-state index contributed by atoms with van der Waals surface area (Å²) in [7, 11) is 0. The number of benzene rings is 1. The number of nitrogens with one attached hydrogen (secondary N) is 1. The lowest BCUT2D eigenvalue weighted by atomic mass is 10.1. The highest BCUT2D eigenvalue weighted by Gasteiger charge is 2.18. The second kappa shape index (κ2) is 4.29. The first-order valence-corrected chi connectivity index (χ1v) is 5.51. The summed E-state index contributed by atoms with van der Waals surface area (Å²) in [5.41, 5.74) is 1.78. The van der Waals surface area contributed by atoms with Crippen LogP contribution in [0.1, 0.15) is 5.56 Å². The van der Waals surface area contributed by atoms with Gasteiger partial charge in [0.05, 0.1) is 10.7 Å². The molecular weight excluding hydrogens is 212 g/mol. The van der Waals surface area contributed by atoms with Crippen LogP contribution in [-0.4, -0.2) is 31.3 Å². The Morgan fingerprint density at radius 1 is 1.33 bits per heavy atom. The normalized spacial score (nSPS) is 16.8. The zero-order valence-electron chi connectivity index (χ0n) is 8.76. The number of nitrogens with zero attached hydrogens (tertiary/aromatic N) is 1. The first-order chi connectivity index (χ1) is 7.20. The molecule has 4 heteroatoms. The highest BCUT2D eigenvalue weighted by atomic mass is 35.5. The Kier molecular flexibility index (Phi) is 3.03. The number of hydrogen-bond acceptors (Lipinski definition) is 3. The van der Waals surface area contributed by atoms with Crippen LogP contribution in [0, 0.1) is 6.92 Å². The van der Waals surface area contributed by atoms with Gasteiger partial charge >= 0.3 is 0 Å². The van der Waals surface area contributed by atoms with E-state index in [4.69, 9.17) is 11.6 Å². The molecule has 0 amide bonds. The molecule has 1 saturated heterocycles. The largest absolute Gasteiger partial charge is 0.506 e. The minimum Gasteiger partial charge on any atom is -0.506 e. The zero-order valence-corrected chi connectivity index (χ0v) is 9.51. The van der Waals surface area contributed by atoms with E-state index in [1.54, 1.807) is 6.07 Å². The molecule has 82 valence electrons. The van der Waals surface area contributed by atoms with Crippen molar-refractivity contribution in [2.24, 2.45) is 0 Å². The molecule has 0 atom stereocenters. The lowest BCUT2D eigenvalue weighted by Crippen LogP contribution is -2.43. The number of aryl methyl sites for hydroxylation is 1. The fourth-order valence-corrected chi connectivity index (χ4v) is 2.12. The number of halogens is 1. The van der Waals surface area contributed by atoms with E-state index < -0.39 is 0 Å². The van der Waals surface area contributed by atoms with Gasteiger partial charge in [0.2, 0.25) is 0 Å². The number of hydrogen-bond donors (Lipinski definition) is 2. The minimum atomic E-state index is 0.271. The van der Waals surface area contributed by atoms with E-state index >= 15 is 0 Å². The topological polar surface area (TPSA) is 35.5 Å². The zero-order chi connectivity index (χ0) is 10.8. The van der Waals surface area contributed by atoms with E-state index in [1.165, 1.54) is 0 Å². The van der Waals surface area contributed by atoms with Crippen LogP contribution in [0.2, 0.25) is 5.02 Å². The third kappa shape index (κ3) is 2.03. The standard InChI is InChI=1S/C11H15ClN2O/c1-8-2-3-9(15)11(10(8)12)14-6-4-13-5-7-14/h2-3,13,15H,4-7H2,1H3. The fraction of sp³-hybridized carbons (Fsp3) is 0.455. The van der Waals surface area contributed by atoms with Crippen molar-refractivity contribution in [2.45, 2.75) is 6.92 Å². The molecule has 0 spiro atoms. The van der Waals surface area contributed by atoms with E-state index in [1.807, 2.05) is 13.0 Å². The summed E-state index contributed by atoms with van der Waals surface area (Å²) in [4.78, 5) is 2.13. The van der Waals surface area contributed by atoms with Gasteiger partial charge in [-0.3, -0.25) is 0 Å². The van der Waals surface area contributed by atoms with Gasteiger partial charge in [-0.05, 0) is 18.6 Å². The van der Waals surface area contributed by atoms with E-state index in [0.29, 0.717) is 5.02 Å². The van der Waals surface area contributed by atoms with Crippen LogP contribution in [0.5, 0.6) is 5.75 Å². The first-order valence-electron chi connectivity index (χ1n) is 5.14. The second-order valence-electron chi connectivity index (χ2n) is 3.80. The first kappa shape index (κ1) is 10.6. The van der Waals surface area contributed by atoms with Gasteiger partial charge in [-0.25, -0.2) is 0 Å². The van der Waals surface area contributed by atoms with Crippen molar-refractivity contribution < 1.29 is 5.11 Å². The van der Waals surface area contributed by atoms with Gasteiger partial charge in [0, 0.05) is 26.2 Å². The number of rotatable bonds is 1. The molecule has 0 unspecified atom stereocenters. The van der Waals surface area contributed by atoms with Crippen molar-refractivity contribution in [1.29, 1.82) is 0 Å². The molecule has 3 nitrogen and oxygen atoms in total. The quantitative estimate of drug-likeness (QED) is 0.766.